The second-order valence-electron chi connectivity index (χ2n) is 6.57. The standard InChI is InChI=1S/C19H30N2O3/c1-6-18(22)16-7-9-17(10-8-16)24-13-19(23)20-11-12-21(14(2)3)15(4)5/h7-10,14-15H,6,11-13H2,1-5H3,(H,20,23)/p+1. The highest BCUT2D eigenvalue weighted by Crippen LogP contribution is 2.13. The molecule has 0 fully saturated rings. The van der Waals surface area contributed by atoms with Gasteiger partial charge in [-0.05, 0) is 52.0 Å². The number of amides is 1. The van der Waals surface area contributed by atoms with Gasteiger partial charge >= 0.3 is 0 Å². The predicted octanol–water partition coefficient (Wildman–Crippen LogP) is 1.48. The van der Waals surface area contributed by atoms with Crippen LogP contribution in [0.4, 0.5) is 0 Å². The lowest BCUT2D eigenvalue weighted by Gasteiger charge is -2.27. The number of nitrogens with one attached hydrogen (secondary N) is 2. The van der Waals surface area contributed by atoms with Crippen LogP contribution in [0, 0.1) is 0 Å². The SMILES string of the molecule is CCC(=O)c1ccc(OCC(=O)NCC[NH+](C(C)C)C(C)C)cc1. The van der Waals surface area contributed by atoms with Crippen LogP contribution in [0.3, 0.4) is 0 Å². The van der Waals surface area contributed by atoms with Crippen LogP contribution in [-0.4, -0.2) is 43.5 Å². The minimum Gasteiger partial charge on any atom is -0.484 e. The molecule has 0 heterocycles. The van der Waals surface area contributed by atoms with E-state index < -0.39 is 0 Å². The molecule has 1 aromatic rings. The van der Waals surface area contributed by atoms with E-state index in [9.17, 15) is 9.59 Å². The van der Waals surface area contributed by atoms with Crippen molar-refractivity contribution in [2.24, 2.45) is 0 Å². The largest absolute Gasteiger partial charge is 0.484 e. The Labute approximate surface area is 145 Å². The van der Waals surface area contributed by atoms with Crippen molar-refractivity contribution in [3.63, 3.8) is 0 Å². The van der Waals surface area contributed by atoms with E-state index in [-0.39, 0.29) is 18.3 Å². The molecule has 0 aliphatic rings. The van der Waals surface area contributed by atoms with E-state index in [1.165, 1.54) is 4.90 Å². The molecule has 5 heteroatoms. The Hall–Kier alpha value is -1.88. The number of carbonyl (C=O) groups excluding carboxylic acids is 2. The van der Waals surface area contributed by atoms with Crippen molar-refractivity contribution in [2.45, 2.75) is 53.1 Å². The van der Waals surface area contributed by atoms with Crippen LogP contribution in [0.15, 0.2) is 24.3 Å². The Balaban J connectivity index is 2.34. The molecule has 0 aromatic heterocycles. The summed E-state index contributed by atoms with van der Waals surface area (Å²) < 4.78 is 5.46. The van der Waals surface area contributed by atoms with Crippen molar-refractivity contribution in [3.8, 4) is 5.75 Å². The van der Waals surface area contributed by atoms with Crippen molar-refractivity contribution in [2.75, 3.05) is 19.7 Å². The number of quaternary nitrogens is 1. The highest BCUT2D eigenvalue weighted by atomic mass is 16.5. The van der Waals surface area contributed by atoms with Crippen molar-refractivity contribution in [1.82, 2.24) is 5.32 Å². The highest BCUT2D eigenvalue weighted by Gasteiger charge is 2.16. The molecule has 0 aliphatic heterocycles. The molecule has 24 heavy (non-hydrogen) atoms. The second kappa shape index (κ2) is 10.1. The van der Waals surface area contributed by atoms with Gasteiger partial charge in [0, 0.05) is 12.0 Å². The molecule has 0 saturated carbocycles. The Kier molecular flexibility index (Phi) is 8.47. The molecule has 1 aromatic carbocycles. The second-order valence-corrected chi connectivity index (χ2v) is 6.57. The summed E-state index contributed by atoms with van der Waals surface area (Å²) in [6, 6.07) is 7.96. The Morgan fingerprint density at radius 2 is 1.67 bits per heavy atom. The average Bonchev–Trinajstić information content (AvgIpc) is 2.55. The fourth-order valence-corrected chi connectivity index (χ4v) is 2.73. The van der Waals surface area contributed by atoms with Crippen LogP contribution in [0.2, 0.25) is 0 Å². The van der Waals surface area contributed by atoms with Gasteiger partial charge in [-0.2, -0.15) is 0 Å². The Bertz CT molecular complexity index is 516. The zero-order chi connectivity index (χ0) is 18.1. The van der Waals surface area contributed by atoms with Crippen LogP contribution in [0.25, 0.3) is 0 Å². The molecule has 5 nitrogen and oxygen atoms in total. The fourth-order valence-electron chi connectivity index (χ4n) is 2.73. The first-order valence-corrected chi connectivity index (χ1v) is 8.73. The smallest absolute Gasteiger partial charge is 0.258 e. The molecular formula is C19H31N2O3+. The van der Waals surface area contributed by atoms with E-state index in [0.717, 1.165) is 6.54 Å². The number of rotatable bonds is 10. The molecule has 0 bridgehead atoms. The zero-order valence-electron chi connectivity index (χ0n) is 15.5. The van der Waals surface area contributed by atoms with Crippen LogP contribution in [-0.2, 0) is 4.79 Å². The zero-order valence-corrected chi connectivity index (χ0v) is 15.5. The van der Waals surface area contributed by atoms with Crippen molar-refractivity contribution < 1.29 is 19.2 Å². The number of Topliss-reactive ketones (excluding diaryl/α,β-unsaturated/α-hetero) is 1. The summed E-state index contributed by atoms with van der Waals surface area (Å²) in [6.07, 6.45) is 0.481. The van der Waals surface area contributed by atoms with Crippen molar-refractivity contribution in [1.29, 1.82) is 0 Å². The maximum Gasteiger partial charge on any atom is 0.258 e. The van der Waals surface area contributed by atoms with Gasteiger partial charge in [0.15, 0.2) is 12.4 Å². The van der Waals surface area contributed by atoms with E-state index in [1.54, 1.807) is 24.3 Å². The van der Waals surface area contributed by atoms with Gasteiger partial charge in [-0.15, -0.1) is 0 Å². The van der Waals surface area contributed by atoms with E-state index in [4.69, 9.17) is 4.74 Å². The molecule has 0 spiro atoms. The lowest BCUT2D eigenvalue weighted by molar-refractivity contribution is -0.941. The minimum absolute atomic E-state index is 0.0141. The van der Waals surface area contributed by atoms with Crippen LogP contribution in [0.1, 0.15) is 51.4 Å². The van der Waals surface area contributed by atoms with Gasteiger partial charge in [0.05, 0.1) is 25.2 Å². The molecule has 1 amide bonds. The van der Waals surface area contributed by atoms with Crippen LogP contribution in [0.5, 0.6) is 5.75 Å². The quantitative estimate of drug-likeness (QED) is 0.637. The lowest BCUT2D eigenvalue weighted by Crippen LogP contribution is -3.18. The maximum absolute atomic E-state index is 11.9. The monoisotopic (exact) mass is 335 g/mol. The molecular weight excluding hydrogens is 304 g/mol. The molecule has 0 radical (unpaired) electrons. The maximum atomic E-state index is 11.9. The molecule has 134 valence electrons. The summed E-state index contributed by atoms with van der Waals surface area (Å²) >= 11 is 0. The first-order chi connectivity index (χ1) is 11.3. The third-order valence-corrected chi connectivity index (χ3v) is 4.09. The van der Waals surface area contributed by atoms with Gasteiger partial charge in [0.1, 0.15) is 5.75 Å². The third kappa shape index (κ3) is 6.71. The highest BCUT2D eigenvalue weighted by molar-refractivity contribution is 5.95. The summed E-state index contributed by atoms with van der Waals surface area (Å²) in [4.78, 5) is 24.9. The Morgan fingerprint density at radius 1 is 1.08 bits per heavy atom. The fraction of sp³-hybridized carbons (Fsp3) is 0.579. The molecule has 2 N–H and O–H groups in total. The van der Waals surface area contributed by atoms with E-state index in [0.29, 0.717) is 36.4 Å². The number of hydrogen-bond acceptors (Lipinski definition) is 3. The summed E-state index contributed by atoms with van der Waals surface area (Å²) in [5, 5.41) is 2.89. The normalized spacial score (nSPS) is 11.2. The number of hydrogen-bond donors (Lipinski definition) is 2. The summed E-state index contributed by atoms with van der Waals surface area (Å²) in [5.41, 5.74) is 0.666. The summed E-state index contributed by atoms with van der Waals surface area (Å²) in [6.45, 7) is 12.1. The van der Waals surface area contributed by atoms with Crippen LogP contribution < -0.4 is 15.0 Å². The van der Waals surface area contributed by atoms with Crippen molar-refractivity contribution in [3.05, 3.63) is 29.8 Å². The number of benzene rings is 1. The number of ether oxygens (including phenoxy) is 1. The minimum atomic E-state index is -0.129. The molecule has 1 rings (SSSR count). The van der Waals surface area contributed by atoms with E-state index in [2.05, 4.69) is 33.0 Å². The molecule has 0 aliphatic carbocycles. The third-order valence-electron chi connectivity index (χ3n) is 4.09. The number of ketones is 1. The summed E-state index contributed by atoms with van der Waals surface area (Å²) in [7, 11) is 0. The first kappa shape index (κ1) is 20.2. The Morgan fingerprint density at radius 3 is 2.17 bits per heavy atom. The van der Waals surface area contributed by atoms with Gasteiger partial charge in [-0.25, -0.2) is 0 Å². The van der Waals surface area contributed by atoms with Gasteiger partial charge in [-0.3, -0.25) is 9.59 Å². The van der Waals surface area contributed by atoms with Gasteiger partial charge in [0.2, 0.25) is 0 Å². The topological polar surface area (TPSA) is 59.8 Å². The van der Waals surface area contributed by atoms with Gasteiger partial charge in [0.25, 0.3) is 5.91 Å². The van der Waals surface area contributed by atoms with E-state index in [1.807, 2.05) is 6.92 Å². The molecule has 0 atom stereocenters. The van der Waals surface area contributed by atoms with E-state index >= 15 is 0 Å². The number of carbonyl (C=O) groups is 2. The first-order valence-electron chi connectivity index (χ1n) is 8.73. The summed E-state index contributed by atoms with van der Waals surface area (Å²) in [5.74, 6) is 0.562. The predicted molar refractivity (Wildman–Crippen MR) is 95.7 cm³/mol. The average molecular weight is 335 g/mol. The van der Waals surface area contributed by atoms with Crippen LogP contribution >= 0.6 is 0 Å². The van der Waals surface area contributed by atoms with Gasteiger partial charge < -0.3 is 15.0 Å². The lowest BCUT2D eigenvalue weighted by atomic mass is 10.1. The molecule has 0 unspecified atom stereocenters. The van der Waals surface area contributed by atoms with Crippen molar-refractivity contribution >= 4 is 11.7 Å². The molecule has 0 saturated heterocycles. The van der Waals surface area contributed by atoms with Gasteiger partial charge in [-0.1, -0.05) is 6.92 Å².